The lowest BCUT2D eigenvalue weighted by Crippen LogP contribution is -2.47. The number of anilines is 2. The summed E-state index contributed by atoms with van der Waals surface area (Å²) in [5.74, 6) is -1.80. The van der Waals surface area contributed by atoms with E-state index in [1.165, 1.54) is 12.3 Å². The minimum absolute atomic E-state index is 0.213. The third-order valence-corrected chi connectivity index (χ3v) is 5.30. The number of rotatable bonds is 10. The van der Waals surface area contributed by atoms with Gasteiger partial charge in [-0.15, -0.1) is 0 Å². The molecule has 1 aliphatic heterocycles. The summed E-state index contributed by atoms with van der Waals surface area (Å²) in [6, 6.07) is 7.21. The molecule has 5 N–H and O–H groups in total. The number of carboxylic acids is 2. The quantitative estimate of drug-likeness (QED) is 0.264. The zero-order valence-corrected chi connectivity index (χ0v) is 20.5. The number of aliphatic carboxylic acids is 2. The van der Waals surface area contributed by atoms with Crippen molar-refractivity contribution in [2.24, 2.45) is 5.73 Å². The summed E-state index contributed by atoms with van der Waals surface area (Å²) >= 11 is 6.15. The number of nitrogens with one attached hydrogen (secondary N) is 1. The summed E-state index contributed by atoms with van der Waals surface area (Å²) in [7, 11) is 1.68. The number of aromatic nitrogens is 2. The van der Waals surface area contributed by atoms with Crippen molar-refractivity contribution in [2.75, 3.05) is 56.6 Å². The van der Waals surface area contributed by atoms with Gasteiger partial charge in [0.2, 0.25) is 5.95 Å². The highest BCUT2D eigenvalue weighted by Gasteiger charge is 2.19. The van der Waals surface area contributed by atoms with Gasteiger partial charge in [-0.25, -0.2) is 19.6 Å². The molecule has 0 atom stereocenters. The van der Waals surface area contributed by atoms with Gasteiger partial charge in [-0.3, -0.25) is 9.69 Å². The van der Waals surface area contributed by atoms with Crippen LogP contribution in [0.25, 0.3) is 0 Å². The maximum atomic E-state index is 11.2. The Morgan fingerprint density at radius 3 is 2.39 bits per heavy atom. The van der Waals surface area contributed by atoms with Gasteiger partial charge in [0, 0.05) is 56.1 Å². The molecule has 0 spiro atoms. The lowest BCUT2D eigenvalue weighted by molar-refractivity contribution is -0.134. The molecule has 12 nitrogen and oxygen atoms in total. The topological polar surface area (TPSA) is 171 Å². The van der Waals surface area contributed by atoms with E-state index in [1.54, 1.807) is 7.11 Å². The third-order valence-electron chi connectivity index (χ3n) is 5.06. The predicted octanol–water partition coefficient (Wildman–Crippen LogP) is 1.57. The van der Waals surface area contributed by atoms with Gasteiger partial charge < -0.3 is 30.9 Å². The third kappa shape index (κ3) is 9.76. The molecule has 1 amide bonds. The van der Waals surface area contributed by atoms with Gasteiger partial charge in [0.05, 0.1) is 12.8 Å². The number of nitrogens with two attached hydrogens (primary N) is 1. The Morgan fingerprint density at radius 2 is 1.81 bits per heavy atom. The first-order valence-electron chi connectivity index (χ1n) is 11.0. The fraction of sp³-hybridized carbons (Fsp3) is 0.348. The van der Waals surface area contributed by atoms with Crippen LogP contribution in [0.15, 0.2) is 42.6 Å². The Bertz CT molecular complexity index is 1060. The van der Waals surface area contributed by atoms with Crippen LogP contribution >= 0.6 is 11.6 Å². The van der Waals surface area contributed by atoms with Crippen LogP contribution in [-0.4, -0.2) is 89.3 Å². The van der Waals surface area contributed by atoms with Gasteiger partial charge in [0.25, 0.3) is 5.91 Å². The lowest BCUT2D eigenvalue weighted by Gasteiger charge is -2.36. The molecule has 1 aromatic carbocycles. The Labute approximate surface area is 213 Å². The molecular weight excluding hydrogens is 492 g/mol. The highest BCUT2D eigenvalue weighted by atomic mass is 35.5. The van der Waals surface area contributed by atoms with Crippen LogP contribution in [0.2, 0.25) is 5.02 Å². The van der Waals surface area contributed by atoms with Crippen LogP contribution in [0.5, 0.6) is 5.75 Å². The van der Waals surface area contributed by atoms with Crippen molar-refractivity contribution in [2.45, 2.75) is 6.42 Å². The molecule has 36 heavy (non-hydrogen) atoms. The molecule has 1 aliphatic rings. The highest BCUT2D eigenvalue weighted by molar-refractivity contribution is 6.30. The molecule has 0 unspecified atom stereocenters. The molecule has 1 saturated heterocycles. The number of ether oxygens (including phenoxy) is 1. The van der Waals surface area contributed by atoms with E-state index in [9.17, 15) is 14.4 Å². The van der Waals surface area contributed by atoms with Gasteiger partial charge in [-0.1, -0.05) is 11.6 Å². The van der Waals surface area contributed by atoms with Crippen molar-refractivity contribution in [3.8, 4) is 5.75 Å². The van der Waals surface area contributed by atoms with Crippen LogP contribution in [-0.2, 0) is 9.59 Å². The van der Waals surface area contributed by atoms with E-state index in [-0.39, 0.29) is 5.69 Å². The van der Waals surface area contributed by atoms with Gasteiger partial charge in [-0.05, 0) is 37.2 Å². The van der Waals surface area contributed by atoms with Crippen molar-refractivity contribution in [3.63, 3.8) is 0 Å². The molecular formula is C23H29ClN6O6. The lowest BCUT2D eigenvalue weighted by atomic mass is 10.2. The minimum atomic E-state index is -1.26. The Hall–Kier alpha value is -3.90. The fourth-order valence-corrected chi connectivity index (χ4v) is 3.52. The fourth-order valence-electron chi connectivity index (χ4n) is 3.35. The Morgan fingerprint density at radius 1 is 1.14 bits per heavy atom. The molecule has 194 valence electrons. The first-order chi connectivity index (χ1) is 17.2. The summed E-state index contributed by atoms with van der Waals surface area (Å²) in [5, 5.41) is 19.5. The molecule has 0 radical (unpaired) electrons. The maximum Gasteiger partial charge on any atom is 0.328 e. The summed E-state index contributed by atoms with van der Waals surface area (Å²) in [5.41, 5.74) is 6.49. The second-order valence-electron chi connectivity index (χ2n) is 7.56. The summed E-state index contributed by atoms with van der Waals surface area (Å²) in [4.78, 5) is 43.2. The zero-order valence-electron chi connectivity index (χ0n) is 19.8. The largest absolute Gasteiger partial charge is 0.495 e. The molecule has 1 fully saturated rings. The summed E-state index contributed by atoms with van der Waals surface area (Å²) < 4.78 is 5.46. The molecule has 1 aromatic heterocycles. The van der Waals surface area contributed by atoms with Crippen LogP contribution in [0.4, 0.5) is 11.6 Å². The molecule has 0 saturated carbocycles. The maximum absolute atomic E-state index is 11.2. The normalized spacial score (nSPS) is 13.6. The van der Waals surface area contributed by atoms with Crippen LogP contribution in [0.3, 0.4) is 0 Å². The number of carbonyl (C=O) groups excluding carboxylic acids is 1. The standard InChI is InChI=1S/C19H25ClN6O2.C4H4O4/c1-28-17-4-3-14(20)13-16(17)26-11-9-25(10-12-26)8-2-6-22-19-23-7-5-15(24-19)18(21)27;5-3(6)1-2-4(7)8/h3-5,7,13H,2,6,8-12H2,1H3,(H2,21,27)(H,22,23,24);1-2H,(H,5,6)(H,7,8). The summed E-state index contributed by atoms with van der Waals surface area (Å²) in [6.07, 6.45) is 3.59. The number of carboxylic acid groups (broad SMARTS) is 2. The van der Waals surface area contributed by atoms with Crippen LogP contribution < -0.4 is 20.7 Å². The van der Waals surface area contributed by atoms with Crippen molar-refractivity contribution >= 4 is 41.1 Å². The van der Waals surface area contributed by atoms with Gasteiger partial charge in [-0.2, -0.15) is 0 Å². The number of halogens is 1. The first-order valence-corrected chi connectivity index (χ1v) is 11.4. The number of amides is 1. The monoisotopic (exact) mass is 520 g/mol. The Balaban J connectivity index is 0.000000493. The molecule has 3 rings (SSSR count). The van der Waals surface area contributed by atoms with E-state index < -0.39 is 17.8 Å². The van der Waals surface area contributed by atoms with Crippen LogP contribution in [0.1, 0.15) is 16.9 Å². The van der Waals surface area contributed by atoms with Crippen molar-refractivity contribution in [1.82, 2.24) is 14.9 Å². The number of primary amides is 1. The second kappa shape index (κ2) is 14.5. The second-order valence-corrected chi connectivity index (χ2v) is 8.00. The number of methoxy groups -OCH3 is 1. The number of benzene rings is 1. The van der Waals surface area contributed by atoms with Crippen molar-refractivity contribution in [1.29, 1.82) is 0 Å². The van der Waals surface area contributed by atoms with E-state index >= 15 is 0 Å². The van der Waals surface area contributed by atoms with E-state index in [1.807, 2.05) is 18.2 Å². The molecule has 13 heteroatoms. The van der Waals surface area contributed by atoms with Gasteiger partial charge in [0.1, 0.15) is 11.4 Å². The minimum Gasteiger partial charge on any atom is -0.495 e. The zero-order chi connectivity index (χ0) is 26.5. The van der Waals surface area contributed by atoms with Gasteiger partial charge >= 0.3 is 11.9 Å². The average molecular weight is 521 g/mol. The van der Waals surface area contributed by atoms with Gasteiger partial charge in [0.15, 0.2) is 0 Å². The molecule has 0 aliphatic carbocycles. The Kier molecular flexibility index (Phi) is 11.4. The SMILES string of the molecule is COc1ccc(Cl)cc1N1CCN(CCCNc2nccc(C(N)=O)n2)CC1.O=C(O)C=CC(=O)O. The van der Waals surface area contributed by atoms with E-state index in [0.29, 0.717) is 23.1 Å². The molecule has 2 heterocycles. The number of hydrogen-bond acceptors (Lipinski definition) is 9. The van der Waals surface area contributed by atoms with E-state index in [4.69, 9.17) is 32.3 Å². The highest BCUT2D eigenvalue weighted by Crippen LogP contribution is 2.31. The predicted molar refractivity (Wildman–Crippen MR) is 135 cm³/mol. The smallest absolute Gasteiger partial charge is 0.328 e. The molecule has 2 aromatic rings. The van der Waals surface area contributed by atoms with E-state index in [0.717, 1.165) is 57.1 Å². The van der Waals surface area contributed by atoms with Crippen molar-refractivity contribution in [3.05, 3.63) is 53.3 Å². The van der Waals surface area contributed by atoms with E-state index in [2.05, 4.69) is 25.1 Å². The number of nitrogens with zero attached hydrogens (tertiary/aromatic N) is 4. The average Bonchev–Trinajstić information content (AvgIpc) is 2.86. The van der Waals surface area contributed by atoms with Crippen LogP contribution in [0, 0.1) is 0 Å². The first kappa shape index (κ1) is 28.3. The van der Waals surface area contributed by atoms with Crippen molar-refractivity contribution < 1.29 is 29.3 Å². The number of hydrogen-bond donors (Lipinski definition) is 4. The number of carbonyl (C=O) groups is 3. The number of piperazine rings is 1. The molecule has 0 bridgehead atoms. The summed E-state index contributed by atoms with van der Waals surface area (Å²) in [6.45, 7) is 5.50.